The van der Waals surface area contributed by atoms with Crippen LogP contribution in [0.15, 0.2) is 0 Å². The Kier molecular flexibility index (Phi) is 4.26. The van der Waals surface area contributed by atoms with Crippen LogP contribution >= 0.6 is 0 Å². The number of hydrogen-bond donors (Lipinski definition) is 0. The summed E-state index contributed by atoms with van der Waals surface area (Å²) in [6, 6.07) is 0. The second-order valence-electron chi connectivity index (χ2n) is 2.26. The van der Waals surface area contributed by atoms with Crippen LogP contribution in [-0.2, 0) is 9.59 Å². The lowest BCUT2D eigenvalue weighted by Gasteiger charge is -2.15. The molecule has 0 heterocycles. The normalized spacial score (nSPS) is 9.00. The molecule has 0 rings (SSSR count). The average molecular weight is 157 g/mol. The summed E-state index contributed by atoms with van der Waals surface area (Å²) in [5.41, 5.74) is 3.51. The molecule has 11 heavy (non-hydrogen) atoms. The predicted octanol–water partition coefficient (Wildman–Crippen LogP) is 0.311. The summed E-state index contributed by atoms with van der Waals surface area (Å²) in [5, 5.41) is 1.18. The zero-order chi connectivity index (χ0) is 8.85. The first-order valence-electron chi connectivity index (χ1n) is 3.58. The summed E-state index contributed by atoms with van der Waals surface area (Å²) >= 11 is 0. The van der Waals surface area contributed by atoms with Gasteiger partial charge in [-0.25, -0.2) is 5.01 Å². The van der Waals surface area contributed by atoms with Crippen molar-refractivity contribution in [1.29, 1.82) is 0 Å². The average Bonchev–Trinajstić information content (AvgIpc) is 1.86. The van der Waals surface area contributed by atoms with E-state index < -0.39 is 0 Å². The van der Waals surface area contributed by atoms with Crippen molar-refractivity contribution in [3.8, 4) is 0 Å². The van der Waals surface area contributed by atoms with E-state index in [2.05, 4.69) is 5.43 Å². The summed E-state index contributed by atoms with van der Waals surface area (Å²) < 4.78 is 0. The van der Waals surface area contributed by atoms with E-state index in [1.165, 1.54) is 18.9 Å². The molecular formula is C7H13N2O2. The Morgan fingerprint density at radius 2 is 1.91 bits per heavy atom. The van der Waals surface area contributed by atoms with Crippen molar-refractivity contribution in [1.82, 2.24) is 10.4 Å². The fraction of sp³-hybridized carbons (Fsp3) is 0.714. The molecule has 0 aromatic carbocycles. The summed E-state index contributed by atoms with van der Waals surface area (Å²) in [6.45, 7) is 5.15. The van der Waals surface area contributed by atoms with Gasteiger partial charge < -0.3 is 0 Å². The lowest BCUT2D eigenvalue weighted by molar-refractivity contribution is -0.139. The van der Waals surface area contributed by atoms with Crippen LogP contribution in [0.4, 0.5) is 0 Å². The molecule has 4 heteroatoms. The smallest absolute Gasteiger partial charge is 0.259 e. The molecule has 63 valence electrons. The number of carbonyl (C=O) groups is 2. The Balaban J connectivity index is 3.89. The molecule has 2 amide bonds. The molecule has 4 nitrogen and oxygen atoms in total. The summed E-state index contributed by atoms with van der Waals surface area (Å²) in [4.78, 5) is 21.2. The second kappa shape index (κ2) is 4.71. The highest BCUT2D eigenvalue weighted by molar-refractivity contribution is 5.79. The van der Waals surface area contributed by atoms with Gasteiger partial charge in [0.1, 0.15) is 0 Å². The topological polar surface area (TPSA) is 51.5 Å². The molecule has 0 saturated heterocycles. The summed E-state index contributed by atoms with van der Waals surface area (Å²) in [7, 11) is 0. The van der Waals surface area contributed by atoms with Gasteiger partial charge in [-0.1, -0.05) is 6.92 Å². The van der Waals surface area contributed by atoms with Crippen molar-refractivity contribution < 1.29 is 9.59 Å². The Labute approximate surface area is 66.5 Å². The van der Waals surface area contributed by atoms with Crippen LogP contribution in [0.1, 0.15) is 27.2 Å². The van der Waals surface area contributed by atoms with Gasteiger partial charge in [0, 0.05) is 20.4 Å². The Bertz CT molecular complexity index is 157. The third kappa shape index (κ3) is 4.36. The van der Waals surface area contributed by atoms with E-state index in [1.54, 1.807) is 0 Å². The molecule has 0 unspecified atom stereocenters. The third-order valence-electron chi connectivity index (χ3n) is 1.06. The number of carbonyl (C=O) groups excluding carboxylic acids is 2. The Morgan fingerprint density at radius 3 is 2.18 bits per heavy atom. The molecular weight excluding hydrogens is 144 g/mol. The Morgan fingerprint density at radius 1 is 1.36 bits per heavy atom. The molecule has 0 bridgehead atoms. The number of hydrogen-bond acceptors (Lipinski definition) is 2. The number of nitrogens with zero attached hydrogens (tertiary/aromatic N) is 2. The maximum atomic E-state index is 10.7. The monoisotopic (exact) mass is 157 g/mol. The van der Waals surface area contributed by atoms with E-state index in [0.29, 0.717) is 6.54 Å². The predicted molar refractivity (Wildman–Crippen MR) is 40.5 cm³/mol. The molecule has 0 fully saturated rings. The molecule has 0 saturated carbocycles. The molecule has 1 radical (unpaired) electrons. The number of rotatable bonds is 2. The van der Waals surface area contributed by atoms with Crippen molar-refractivity contribution in [3.05, 3.63) is 0 Å². The van der Waals surface area contributed by atoms with Crippen LogP contribution in [-0.4, -0.2) is 23.4 Å². The zero-order valence-electron chi connectivity index (χ0n) is 7.13. The largest absolute Gasteiger partial charge is 0.273 e. The third-order valence-corrected chi connectivity index (χ3v) is 1.06. The first kappa shape index (κ1) is 9.94. The van der Waals surface area contributed by atoms with Crippen LogP contribution in [0.3, 0.4) is 0 Å². The molecule has 0 aliphatic rings. The lowest BCUT2D eigenvalue weighted by Crippen LogP contribution is -2.38. The lowest BCUT2D eigenvalue weighted by atomic mass is 10.4. The highest BCUT2D eigenvalue weighted by atomic mass is 16.2. The fourth-order valence-corrected chi connectivity index (χ4v) is 0.660. The van der Waals surface area contributed by atoms with Crippen molar-refractivity contribution >= 4 is 11.8 Å². The maximum absolute atomic E-state index is 10.7. The molecule has 0 aromatic rings. The first-order chi connectivity index (χ1) is 5.07. The molecule has 0 aromatic heterocycles. The molecule has 0 aliphatic carbocycles. The van der Waals surface area contributed by atoms with E-state index in [1.807, 2.05) is 6.92 Å². The van der Waals surface area contributed by atoms with Gasteiger partial charge in [0.05, 0.1) is 0 Å². The zero-order valence-corrected chi connectivity index (χ0v) is 7.13. The van der Waals surface area contributed by atoms with Gasteiger partial charge in [0.2, 0.25) is 5.91 Å². The second-order valence-corrected chi connectivity index (χ2v) is 2.26. The van der Waals surface area contributed by atoms with Gasteiger partial charge in [0.25, 0.3) is 5.91 Å². The quantitative estimate of drug-likeness (QED) is 0.542. The minimum Gasteiger partial charge on any atom is -0.273 e. The van der Waals surface area contributed by atoms with E-state index in [-0.39, 0.29) is 11.8 Å². The standard InChI is InChI=1S/C7H13N2O2/c1-4-5-9(7(3)11)8-6(2)10/h4-5H2,1-3H3. The highest BCUT2D eigenvalue weighted by Gasteiger charge is 2.09. The molecule has 0 aliphatic heterocycles. The summed E-state index contributed by atoms with van der Waals surface area (Å²) in [5.74, 6) is -0.532. The minimum absolute atomic E-state index is 0.193. The van der Waals surface area contributed by atoms with E-state index >= 15 is 0 Å². The van der Waals surface area contributed by atoms with E-state index in [9.17, 15) is 9.59 Å². The van der Waals surface area contributed by atoms with Gasteiger partial charge >= 0.3 is 0 Å². The van der Waals surface area contributed by atoms with Gasteiger partial charge in [-0.3, -0.25) is 9.59 Å². The first-order valence-corrected chi connectivity index (χ1v) is 3.58. The van der Waals surface area contributed by atoms with Crippen molar-refractivity contribution in [2.24, 2.45) is 0 Å². The van der Waals surface area contributed by atoms with Crippen molar-refractivity contribution in [2.45, 2.75) is 27.2 Å². The highest BCUT2D eigenvalue weighted by Crippen LogP contribution is 1.88. The van der Waals surface area contributed by atoms with Gasteiger partial charge in [-0.05, 0) is 6.42 Å². The van der Waals surface area contributed by atoms with Gasteiger partial charge in [-0.15, -0.1) is 5.43 Å². The Hall–Kier alpha value is -1.06. The maximum Gasteiger partial charge on any atom is 0.259 e. The van der Waals surface area contributed by atoms with E-state index in [4.69, 9.17) is 0 Å². The van der Waals surface area contributed by atoms with Crippen molar-refractivity contribution in [3.63, 3.8) is 0 Å². The van der Waals surface area contributed by atoms with Crippen molar-refractivity contribution in [2.75, 3.05) is 6.54 Å². The molecule has 0 atom stereocenters. The van der Waals surface area contributed by atoms with Crippen LogP contribution in [0.25, 0.3) is 0 Å². The number of amides is 2. The van der Waals surface area contributed by atoms with Crippen LogP contribution in [0.5, 0.6) is 0 Å². The van der Waals surface area contributed by atoms with Crippen LogP contribution in [0.2, 0.25) is 0 Å². The van der Waals surface area contributed by atoms with Gasteiger partial charge in [-0.2, -0.15) is 0 Å². The van der Waals surface area contributed by atoms with Gasteiger partial charge in [0.15, 0.2) is 0 Å². The van der Waals surface area contributed by atoms with E-state index in [0.717, 1.165) is 6.42 Å². The van der Waals surface area contributed by atoms with Crippen LogP contribution in [0, 0.1) is 0 Å². The molecule has 0 N–H and O–H groups in total. The minimum atomic E-state index is -0.339. The SMILES string of the molecule is CCCN([N]C(C)=O)C(C)=O. The summed E-state index contributed by atoms with van der Waals surface area (Å²) in [6.07, 6.45) is 0.802. The fourth-order valence-electron chi connectivity index (χ4n) is 0.660. The molecule has 0 spiro atoms. The van der Waals surface area contributed by atoms with Crippen LogP contribution < -0.4 is 5.43 Å².